The molecule has 14 heavy (non-hydrogen) atoms. The predicted octanol–water partition coefficient (Wildman–Crippen LogP) is 2.90. The quantitative estimate of drug-likeness (QED) is 0.799. The molecule has 0 radical (unpaired) electrons. The van der Waals surface area contributed by atoms with Crippen LogP contribution in [0.4, 0.5) is 0 Å². The zero-order valence-electron chi connectivity index (χ0n) is 7.41. The van der Waals surface area contributed by atoms with E-state index in [2.05, 4.69) is 26.0 Å². The molecule has 2 rings (SSSR count). The number of hydrogen-bond donors (Lipinski definition) is 0. The number of hydrogen-bond acceptors (Lipinski definition) is 2. The van der Waals surface area contributed by atoms with Crippen LogP contribution in [-0.4, -0.2) is 14.8 Å². The highest BCUT2D eigenvalue weighted by molar-refractivity contribution is 9.10. The van der Waals surface area contributed by atoms with Gasteiger partial charge in [0.2, 0.25) is 5.28 Å². The van der Waals surface area contributed by atoms with E-state index in [1.54, 1.807) is 4.68 Å². The Labute approximate surface area is 94.9 Å². The number of halogens is 2. The summed E-state index contributed by atoms with van der Waals surface area (Å²) in [5.41, 5.74) is 0.981. The van der Waals surface area contributed by atoms with Crippen molar-refractivity contribution in [3.63, 3.8) is 0 Å². The molecular formula is C9H7BrClN3. The average Bonchev–Trinajstić information content (AvgIpc) is 2.46. The van der Waals surface area contributed by atoms with Gasteiger partial charge in [-0.05, 0) is 17.7 Å². The van der Waals surface area contributed by atoms with Crippen molar-refractivity contribution in [1.29, 1.82) is 0 Å². The number of aryl methyl sites for hydroxylation is 1. The fourth-order valence-electron chi connectivity index (χ4n) is 1.23. The molecule has 5 heteroatoms. The SMILES string of the molecule is Cn1nc(Cl)nc1-c1ccccc1Br. The summed E-state index contributed by atoms with van der Waals surface area (Å²) < 4.78 is 2.63. The van der Waals surface area contributed by atoms with Crippen LogP contribution in [0.2, 0.25) is 5.28 Å². The molecule has 0 spiro atoms. The molecule has 0 aliphatic rings. The highest BCUT2D eigenvalue weighted by Crippen LogP contribution is 2.26. The van der Waals surface area contributed by atoms with Gasteiger partial charge in [-0.15, -0.1) is 5.10 Å². The first-order valence-corrected chi connectivity index (χ1v) is 5.17. The zero-order chi connectivity index (χ0) is 10.1. The van der Waals surface area contributed by atoms with Crippen molar-refractivity contribution in [1.82, 2.24) is 14.8 Å². The van der Waals surface area contributed by atoms with Gasteiger partial charge in [-0.3, -0.25) is 0 Å². The van der Waals surface area contributed by atoms with E-state index in [0.717, 1.165) is 15.9 Å². The summed E-state index contributed by atoms with van der Waals surface area (Å²) in [7, 11) is 1.81. The molecule has 0 aliphatic heterocycles. The van der Waals surface area contributed by atoms with Crippen molar-refractivity contribution in [2.45, 2.75) is 0 Å². The first-order chi connectivity index (χ1) is 6.68. The maximum atomic E-state index is 5.71. The minimum atomic E-state index is 0.262. The van der Waals surface area contributed by atoms with Gasteiger partial charge in [0.25, 0.3) is 0 Å². The van der Waals surface area contributed by atoms with Crippen LogP contribution in [0.15, 0.2) is 28.7 Å². The Bertz CT molecular complexity index is 467. The van der Waals surface area contributed by atoms with Crippen LogP contribution >= 0.6 is 27.5 Å². The van der Waals surface area contributed by atoms with Crippen LogP contribution in [-0.2, 0) is 7.05 Å². The summed E-state index contributed by atoms with van der Waals surface area (Å²) in [6.45, 7) is 0. The summed E-state index contributed by atoms with van der Waals surface area (Å²) in [6.07, 6.45) is 0. The van der Waals surface area contributed by atoms with Gasteiger partial charge in [-0.2, -0.15) is 4.98 Å². The third kappa shape index (κ3) is 1.67. The van der Waals surface area contributed by atoms with Gasteiger partial charge >= 0.3 is 0 Å². The van der Waals surface area contributed by atoms with Gasteiger partial charge in [0.1, 0.15) is 0 Å². The number of benzene rings is 1. The second-order valence-electron chi connectivity index (χ2n) is 2.81. The fourth-order valence-corrected chi connectivity index (χ4v) is 1.89. The molecule has 1 aromatic heterocycles. The summed E-state index contributed by atoms with van der Waals surface area (Å²) in [5.74, 6) is 0.752. The normalized spacial score (nSPS) is 10.5. The molecule has 1 aromatic carbocycles. The minimum absolute atomic E-state index is 0.262. The standard InChI is InChI=1S/C9H7BrClN3/c1-14-8(12-9(11)13-14)6-4-2-3-5-7(6)10/h2-5H,1H3. The molecule has 0 aliphatic carbocycles. The Balaban J connectivity index is 2.60. The van der Waals surface area contributed by atoms with Gasteiger partial charge in [0.15, 0.2) is 5.82 Å². The Morgan fingerprint density at radius 1 is 1.36 bits per heavy atom. The van der Waals surface area contributed by atoms with E-state index in [9.17, 15) is 0 Å². The van der Waals surface area contributed by atoms with E-state index in [0.29, 0.717) is 0 Å². The van der Waals surface area contributed by atoms with Crippen molar-refractivity contribution in [3.05, 3.63) is 34.0 Å². The van der Waals surface area contributed by atoms with Crippen LogP contribution < -0.4 is 0 Å². The number of nitrogens with zero attached hydrogens (tertiary/aromatic N) is 3. The maximum absolute atomic E-state index is 5.71. The van der Waals surface area contributed by atoms with Gasteiger partial charge in [-0.1, -0.05) is 34.1 Å². The molecule has 72 valence electrons. The first kappa shape index (κ1) is 9.68. The molecule has 0 saturated heterocycles. The molecular weight excluding hydrogens is 265 g/mol. The van der Waals surface area contributed by atoms with E-state index in [1.807, 2.05) is 31.3 Å². The van der Waals surface area contributed by atoms with Crippen LogP contribution in [0.25, 0.3) is 11.4 Å². The minimum Gasteiger partial charge on any atom is -0.247 e. The summed E-state index contributed by atoms with van der Waals surface area (Å²) in [4.78, 5) is 4.13. The van der Waals surface area contributed by atoms with Gasteiger partial charge in [0.05, 0.1) is 0 Å². The molecule has 1 heterocycles. The molecule has 0 amide bonds. The Hall–Kier alpha value is -0.870. The second kappa shape index (κ2) is 3.71. The molecule has 2 aromatic rings. The van der Waals surface area contributed by atoms with Crippen LogP contribution in [0.1, 0.15) is 0 Å². The van der Waals surface area contributed by atoms with E-state index in [1.165, 1.54) is 0 Å². The van der Waals surface area contributed by atoms with E-state index in [-0.39, 0.29) is 5.28 Å². The van der Waals surface area contributed by atoms with Crippen molar-refractivity contribution >= 4 is 27.5 Å². The summed E-state index contributed by atoms with van der Waals surface area (Å²) in [5, 5.41) is 4.24. The second-order valence-corrected chi connectivity index (χ2v) is 4.00. The lowest BCUT2D eigenvalue weighted by atomic mass is 10.2. The summed E-state index contributed by atoms with van der Waals surface area (Å²) >= 11 is 9.16. The van der Waals surface area contributed by atoms with Crippen LogP contribution in [0.5, 0.6) is 0 Å². The van der Waals surface area contributed by atoms with E-state index in [4.69, 9.17) is 11.6 Å². The Kier molecular flexibility index (Phi) is 2.56. The lowest BCUT2D eigenvalue weighted by Crippen LogP contribution is -1.94. The molecule has 0 bridgehead atoms. The van der Waals surface area contributed by atoms with Gasteiger partial charge < -0.3 is 0 Å². The van der Waals surface area contributed by atoms with Crippen molar-refractivity contribution in [3.8, 4) is 11.4 Å². The van der Waals surface area contributed by atoms with Crippen molar-refractivity contribution < 1.29 is 0 Å². The monoisotopic (exact) mass is 271 g/mol. The molecule has 3 nitrogen and oxygen atoms in total. The van der Waals surface area contributed by atoms with Crippen LogP contribution in [0, 0.1) is 0 Å². The van der Waals surface area contributed by atoms with Crippen molar-refractivity contribution in [2.24, 2.45) is 7.05 Å². The Morgan fingerprint density at radius 2 is 2.07 bits per heavy atom. The number of aromatic nitrogens is 3. The maximum Gasteiger partial charge on any atom is 0.242 e. The predicted molar refractivity (Wildman–Crippen MR) is 59.1 cm³/mol. The lowest BCUT2D eigenvalue weighted by molar-refractivity contribution is 0.774. The zero-order valence-corrected chi connectivity index (χ0v) is 9.75. The molecule has 0 fully saturated rings. The van der Waals surface area contributed by atoms with Crippen molar-refractivity contribution in [2.75, 3.05) is 0 Å². The molecule has 0 unspecified atom stereocenters. The van der Waals surface area contributed by atoms with E-state index >= 15 is 0 Å². The first-order valence-electron chi connectivity index (χ1n) is 4.00. The Morgan fingerprint density at radius 3 is 2.64 bits per heavy atom. The summed E-state index contributed by atoms with van der Waals surface area (Å²) in [6, 6.07) is 7.82. The average molecular weight is 273 g/mol. The third-order valence-corrected chi connectivity index (χ3v) is 2.70. The highest BCUT2D eigenvalue weighted by atomic mass is 79.9. The van der Waals surface area contributed by atoms with Crippen LogP contribution in [0.3, 0.4) is 0 Å². The van der Waals surface area contributed by atoms with Gasteiger partial charge in [-0.25, -0.2) is 4.68 Å². The highest BCUT2D eigenvalue weighted by Gasteiger charge is 2.09. The molecule has 0 saturated carbocycles. The smallest absolute Gasteiger partial charge is 0.242 e. The topological polar surface area (TPSA) is 30.7 Å². The third-order valence-electron chi connectivity index (χ3n) is 1.85. The number of rotatable bonds is 1. The molecule has 0 N–H and O–H groups in total. The fraction of sp³-hybridized carbons (Fsp3) is 0.111. The van der Waals surface area contributed by atoms with Gasteiger partial charge in [0, 0.05) is 17.1 Å². The lowest BCUT2D eigenvalue weighted by Gasteiger charge is -2.01. The van der Waals surface area contributed by atoms with E-state index < -0.39 is 0 Å². The largest absolute Gasteiger partial charge is 0.247 e. The molecule has 0 atom stereocenters.